The van der Waals surface area contributed by atoms with Gasteiger partial charge in [-0.25, -0.2) is 0 Å². The fourth-order valence-electron chi connectivity index (χ4n) is 3.54. The van der Waals surface area contributed by atoms with Gasteiger partial charge in [-0.3, -0.25) is 24.9 Å². The highest BCUT2D eigenvalue weighted by atomic mass is 35.5. The Hall–Kier alpha value is -2.60. The number of halogens is 2. The molecule has 2 amide bonds. The molecule has 0 atom stereocenters. The van der Waals surface area contributed by atoms with Crippen molar-refractivity contribution in [2.75, 3.05) is 67.9 Å². The summed E-state index contributed by atoms with van der Waals surface area (Å²) in [7, 11) is 1.91. The van der Waals surface area contributed by atoms with Crippen LogP contribution in [-0.2, 0) is 9.59 Å². The minimum atomic E-state index is -0.509. The first kappa shape index (κ1) is 25.0. The van der Waals surface area contributed by atoms with Crippen LogP contribution in [0.15, 0.2) is 36.4 Å². The van der Waals surface area contributed by atoms with Gasteiger partial charge >= 0.3 is 5.91 Å². The minimum absolute atomic E-state index is 0.00248. The van der Waals surface area contributed by atoms with Gasteiger partial charge in [-0.15, -0.1) is 0 Å². The van der Waals surface area contributed by atoms with Gasteiger partial charge in [-0.2, -0.15) is 10.1 Å². The highest BCUT2D eigenvalue weighted by molar-refractivity contribution is 6.33. The van der Waals surface area contributed by atoms with Crippen molar-refractivity contribution < 1.29 is 24.5 Å². The number of nitrogens with two attached hydrogens (primary N) is 2. The molecule has 0 bridgehead atoms. The van der Waals surface area contributed by atoms with Crippen molar-refractivity contribution in [2.45, 2.75) is 0 Å². The normalized spacial score (nSPS) is 15.8. The molecule has 3 rings (SSSR count). The Labute approximate surface area is 201 Å². The molecule has 0 aliphatic carbocycles. The smallest absolute Gasteiger partial charge is 0.305 e. The molecule has 33 heavy (non-hydrogen) atoms. The molecule has 0 unspecified atom stereocenters. The van der Waals surface area contributed by atoms with Crippen LogP contribution in [0.3, 0.4) is 0 Å². The second-order valence-corrected chi connectivity index (χ2v) is 9.14. The lowest BCUT2D eigenvalue weighted by molar-refractivity contribution is -0.906. The van der Waals surface area contributed by atoms with Crippen molar-refractivity contribution in [3.05, 3.63) is 46.4 Å². The van der Waals surface area contributed by atoms with Crippen LogP contribution in [-0.4, -0.2) is 77.9 Å². The molecule has 0 saturated carbocycles. The summed E-state index contributed by atoms with van der Waals surface area (Å²) in [5.74, 6) is -0.991. The van der Waals surface area contributed by atoms with E-state index in [1.807, 2.05) is 11.9 Å². The van der Waals surface area contributed by atoms with Gasteiger partial charge in [-0.1, -0.05) is 23.2 Å². The first-order valence-electron chi connectivity index (χ1n) is 10.2. The molecule has 1 heterocycles. The first-order valence-corrected chi connectivity index (χ1v) is 10.9. The van der Waals surface area contributed by atoms with Gasteiger partial charge in [0.15, 0.2) is 6.54 Å². The first-order chi connectivity index (χ1) is 15.5. The number of amides is 2. The molecular weight excluding hydrogens is 471 g/mol. The molecule has 0 radical (unpaired) electrons. The topological polar surface area (TPSA) is 136 Å². The van der Waals surface area contributed by atoms with Gasteiger partial charge in [0.25, 0.3) is 5.91 Å². The summed E-state index contributed by atoms with van der Waals surface area (Å²) in [6, 6.07) is 8.88. The van der Waals surface area contributed by atoms with Crippen molar-refractivity contribution in [1.82, 2.24) is 4.90 Å². The van der Waals surface area contributed by atoms with Crippen LogP contribution >= 0.6 is 23.2 Å². The molecule has 12 heteroatoms. The molecule has 2 aromatic carbocycles. The molecule has 1 fully saturated rings. The highest BCUT2D eigenvalue weighted by Crippen LogP contribution is 2.26. The number of nitrogen functional groups attached to an aromatic ring is 2. The van der Waals surface area contributed by atoms with Crippen LogP contribution < -0.4 is 21.6 Å². The van der Waals surface area contributed by atoms with Gasteiger partial charge < -0.3 is 16.0 Å². The van der Waals surface area contributed by atoms with Crippen LogP contribution in [0.4, 0.5) is 22.7 Å². The van der Waals surface area contributed by atoms with E-state index in [0.29, 0.717) is 52.2 Å². The quantitative estimate of drug-likeness (QED) is 0.207. The molecule has 0 spiro atoms. The van der Waals surface area contributed by atoms with E-state index >= 15 is 0 Å². The lowest BCUT2D eigenvalue weighted by Crippen LogP contribution is -2.61. The number of nitrogens with zero attached hydrogens (tertiary/aromatic N) is 4. The van der Waals surface area contributed by atoms with Gasteiger partial charge in [0, 0.05) is 13.1 Å². The van der Waals surface area contributed by atoms with Crippen LogP contribution in [0.2, 0.25) is 10.0 Å². The Morgan fingerprint density at radius 2 is 1.39 bits per heavy atom. The summed E-state index contributed by atoms with van der Waals surface area (Å²) >= 11 is 11.9. The van der Waals surface area contributed by atoms with E-state index in [4.69, 9.17) is 34.7 Å². The number of quaternary nitrogens is 1. The van der Waals surface area contributed by atoms with Crippen LogP contribution in [0.25, 0.3) is 0 Å². The van der Waals surface area contributed by atoms with E-state index in [1.54, 1.807) is 0 Å². The number of hydrogen-bond acceptors (Lipinski definition) is 7. The van der Waals surface area contributed by atoms with Crippen LogP contribution in [0.5, 0.6) is 0 Å². The summed E-state index contributed by atoms with van der Waals surface area (Å²) in [5.41, 5.74) is 12.5. The Kier molecular flexibility index (Phi) is 7.68. The Balaban J connectivity index is 1.53. The maximum Gasteiger partial charge on any atom is 0.305 e. The maximum absolute atomic E-state index is 12.6. The molecular formula is C21H27Cl2N6O4+. The SMILES string of the molecule is C[N+]1(CC(=O)N(O)c2ccc(N)c(Cl)c2)CCN(CC(=O)N(O)c2ccc(N)c(Cl)c2)CC1. The van der Waals surface area contributed by atoms with E-state index in [-0.39, 0.29) is 34.5 Å². The Bertz CT molecular complexity index is 1050. The van der Waals surface area contributed by atoms with E-state index in [1.165, 1.54) is 36.4 Å². The van der Waals surface area contributed by atoms with Crippen molar-refractivity contribution in [1.29, 1.82) is 0 Å². The monoisotopic (exact) mass is 497 g/mol. The summed E-state index contributed by atoms with van der Waals surface area (Å²) < 4.78 is 0.389. The Morgan fingerprint density at radius 1 is 0.939 bits per heavy atom. The Morgan fingerprint density at radius 3 is 1.85 bits per heavy atom. The van der Waals surface area contributed by atoms with Crippen LogP contribution in [0.1, 0.15) is 0 Å². The summed E-state index contributed by atoms with van der Waals surface area (Å²) in [4.78, 5) is 27.0. The van der Waals surface area contributed by atoms with Gasteiger partial charge in [0.1, 0.15) is 0 Å². The zero-order valence-electron chi connectivity index (χ0n) is 18.1. The van der Waals surface area contributed by atoms with Gasteiger partial charge in [-0.05, 0) is 36.4 Å². The van der Waals surface area contributed by atoms with Crippen molar-refractivity contribution in [2.24, 2.45) is 0 Å². The second-order valence-electron chi connectivity index (χ2n) is 8.32. The highest BCUT2D eigenvalue weighted by Gasteiger charge is 2.34. The lowest BCUT2D eigenvalue weighted by atomic mass is 10.2. The molecule has 1 aliphatic rings. The number of anilines is 4. The number of carbonyl (C=O) groups excluding carboxylic acids is 2. The van der Waals surface area contributed by atoms with E-state index in [2.05, 4.69) is 0 Å². The number of hydroxylamine groups is 2. The third-order valence-electron chi connectivity index (χ3n) is 5.72. The number of likely N-dealkylation sites (N-methyl/N-ethyl adjacent to an activating group) is 1. The average molecular weight is 498 g/mol. The van der Waals surface area contributed by atoms with E-state index in [9.17, 15) is 20.0 Å². The molecule has 1 saturated heterocycles. The van der Waals surface area contributed by atoms with E-state index in [0.717, 1.165) is 0 Å². The number of piperazine rings is 1. The van der Waals surface area contributed by atoms with E-state index < -0.39 is 11.8 Å². The zero-order valence-corrected chi connectivity index (χ0v) is 19.6. The zero-order chi connectivity index (χ0) is 24.3. The number of benzene rings is 2. The molecule has 2 aromatic rings. The minimum Gasteiger partial charge on any atom is -0.398 e. The molecule has 178 valence electrons. The predicted octanol–water partition coefficient (Wildman–Crippen LogP) is 2.06. The molecule has 10 nitrogen and oxygen atoms in total. The summed E-state index contributed by atoms with van der Waals surface area (Å²) in [6.07, 6.45) is 0. The van der Waals surface area contributed by atoms with Gasteiger partial charge in [0.05, 0.1) is 59.5 Å². The predicted molar refractivity (Wildman–Crippen MR) is 127 cm³/mol. The fraction of sp³-hybridized carbons (Fsp3) is 0.333. The third-order valence-corrected chi connectivity index (χ3v) is 6.37. The van der Waals surface area contributed by atoms with Crippen molar-refractivity contribution >= 4 is 57.8 Å². The second kappa shape index (κ2) is 10.1. The summed E-state index contributed by atoms with van der Waals surface area (Å²) in [6.45, 7) is 2.29. The summed E-state index contributed by atoms with van der Waals surface area (Å²) in [5, 5.41) is 22.1. The van der Waals surface area contributed by atoms with Crippen molar-refractivity contribution in [3.63, 3.8) is 0 Å². The lowest BCUT2D eigenvalue weighted by Gasteiger charge is -2.41. The third kappa shape index (κ3) is 6.05. The van der Waals surface area contributed by atoms with Crippen molar-refractivity contribution in [3.8, 4) is 0 Å². The number of carbonyl (C=O) groups is 2. The molecule has 0 aromatic heterocycles. The molecule has 6 N–H and O–H groups in total. The molecule has 1 aliphatic heterocycles. The number of hydrogen-bond donors (Lipinski definition) is 4. The fourth-order valence-corrected chi connectivity index (χ4v) is 3.89. The number of rotatable bonds is 6. The van der Waals surface area contributed by atoms with Crippen LogP contribution in [0, 0.1) is 0 Å². The largest absolute Gasteiger partial charge is 0.398 e. The average Bonchev–Trinajstić information content (AvgIpc) is 2.78. The maximum atomic E-state index is 12.6. The van der Waals surface area contributed by atoms with Gasteiger partial charge in [0.2, 0.25) is 0 Å². The standard InChI is InChI=1S/C21H27Cl2N6O4/c1-29(13-21(31)28(33)15-3-5-19(25)17(23)11-15)8-6-26(7-9-29)12-20(30)27(32)14-2-4-18(24)16(22)10-14/h2-5,10-11,32-33H,6-9,12-13,24-25H2,1H3/q+1.